The van der Waals surface area contributed by atoms with Crippen molar-refractivity contribution in [2.75, 3.05) is 6.54 Å². The molecule has 0 fully saturated rings. The highest BCUT2D eigenvalue weighted by Gasteiger charge is 2.18. The van der Waals surface area contributed by atoms with Crippen molar-refractivity contribution in [3.63, 3.8) is 0 Å². The van der Waals surface area contributed by atoms with Crippen LogP contribution < -0.4 is 5.32 Å². The smallest absolute Gasteiger partial charge is 0.176 e. The second-order valence-corrected chi connectivity index (χ2v) is 4.81. The van der Waals surface area contributed by atoms with Crippen molar-refractivity contribution in [2.24, 2.45) is 7.05 Å². The number of nitrogens with one attached hydrogen (secondary N) is 1. The lowest BCUT2D eigenvalue weighted by Gasteiger charge is -2.19. The third-order valence-electron chi connectivity index (χ3n) is 3.21. The summed E-state index contributed by atoms with van der Waals surface area (Å²) >= 11 is 0. The minimum Gasteiger partial charge on any atom is -0.308 e. The molecule has 20 heavy (non-hydrogen) atoms. The molecule has 108 valence electrons. The molecule has 0 aromatic carbocycles. The first-order valence-electron chi connectivity index (χ1n) is 7.14. The van der Waals surface area contributed by atoms with E-state index in [1.807, 2.05) is 12.3 Å². The monoisotopic (exact) mass is 274 g/mol. The van der Waals surface area contributed by atoms with Gasteiger partial charge in [0.2, 0.25) is 0 Å². The Hall–Kier alpha value is -1.82. The van der Waals surface area contributed by atoms with Gasteiger partial charge in [-0.3, -0.25) is 4.98 Å². The summed E-state index contributed by atoms with van der Waals surface area (Å²) in [7, 11) is 1.78. The molecule has 0 amide bonds. The van der Waals surface area contributed by atoms with Crippen LogP contribution in [0.15, 0.2) is 18.3 Å². The SMILES string of the molecule is CCCNC(Cc1nnn(C)n1)c1ncccc1CC. The molecule has 0 aliphatic carbocycles. The van der Waals surface area contributed by atoms with E-state index in [1.165, 1.54) is 10.4 Å². The topological polar surface area (TPSA) is 68.5 Å². The van der Waals surface area contributed by atoms with Gasteiger partial charge in [-0.05, 0) is 36.2 Å². The minimum atomic E-state index is 0.135. The summed E-state index contributed by atoms with van der Waals surface area (Å²) in [4.78, 5) is 6.05. The van der Waals surface area contributed by atoms with Crippen molar-refractivity contribution in [1.82, 2.24) is 30.5 Å². The fourth-order valence-electron chi connectivity index (χ4n) is 2.24. The van der Waals surface area contributed by atoms with E-state index in [1.54, 1.807) is 7.05 Å². The second kappa shape index (κ2) is 7.09. The van der Waals surface area contributed by atoms with Crippen LogP contribution in [0.1, 0.15) is 43.4 Å². The summed E-state index contributed by atoms with van der Waals surface area (Å²) in [6.45, 7) is 5.26. The van der Waals surface area contributed by atoms with Crippen LogP contribution in [0.5, 0.6) is 0 Å². The van der Waals surface area contributed by atoms with Crippen molar-refractivity contribution in [2.45, 2.75) is 39.2 Å². The van der Waals surface area contributed by atoms with Gasteiger partial charge < -0.3 is 5.32 Å². The molecule has 2 aromatic heterocycles. The van der Waals surface area contributed by atoms with Crippen molar-refractivity contribution < 1.29 is 0 Å². The van der Waals surface area contributed by atoms with Crippen LogP contribution in [-0.2, 0) is 19.9 Å². The third-order valence-corrected chi connectivity index (χ3v) is 3.21. The molecule has 0 radical (unpaired) electrons. The van der Waals surface area contributed by atoms with E-state index in [-0.39, 0.29) is 6.04 Å². The number of hydrogen-bond acceptors (Lipinski definition) is 5. The van der Waals surface area contributed by atoms with Crippen LogP contribution in [0.3, 0.4) is 0 Å². The molecule has 2 rings (SSSR count). The normalized spacial score (nSPS) is 12.6. The molecule has 0 bridgehead atoms. The van der Waals surface area contributed by atoms with E-state index in [2.05, 4.69) is 45.6 Å². The van der Waals surface area contributed by atoms with E-state index in [0.29, 0.717) is 6.42 Å². The quantitative estimate of drug-likeness (QED) is 0.827. The first-order chi connectivity index (χ1) is 9.74. The Kier molecular flexibility index (Phi) is 5.17. The maximum absolute atomic E-state index is 4.56. The Balaban J connectivity index is 2.22. The molecule has 0 spiro atoms. The van der Waals surface area contributed by atoms with Gasteiger partial charge in [0.05, 0.1) is 18.8 Å². The van der Waals surface area contributed by atoms with Crippen molar-refractivity contribution in [1.29, 1.82) is 0 Å². The number of rotatable bonds is 7. The fraction of sp³-hybridized carbons (Fsp3) is 0.571. The van der Waals surface area contributed by atoms with Gasteiger partial charge in [-0.25, -0.2) is 0 Å². The molecule has 6 nitrogen and oxygen atoms in total. The molecule has 2 heterocycles. The van der Waals surface area contributed by atoms with E-state index >= 15 is 0 Å². The highest BCUT2D eigenvalue weighted by Crippen LogP contribution is 2.19. The van der Waals surface area contributed by atoms with Crippen molar-refractivity contribution in [3.05, 3.63) is 35.4 Å². The Labute approximate surface area is 119 Å². The maximum atomic E-state index is 4.56. The van der Waals surface area contributed by atoms with Gasteiger partial charge in [-0.15, -0.1) is 10.2 Å². The van der Waals surface area contributed by atoms with Crippen molar-refractivity contribution in [3.8, 4) is 0 Å². The van der Waals surface area contributed by atoms with Gasteiger partial charge in [0.1, 0.15) is 0 Å². The van der Waals surface area contributed by atoms with Gasteiger partial charge in [-0.1, -0.05) is 19.9 Å². The lowest BCUT2D eigenvalue weighted by atomic mass is 10.0. The van der Waals surface area contributed by atoms with E-state index in [0.717, 1.165) is 30.9 Å². The van der Waals surface area contributed by atoms with E-state index in [9.17, 15) is 0 Å². The molecular formula is C14H22N6. The highest BCUT2D eigenvalue weighted by atomic mass is 15.6. The Morgan fingerprint density at radius 1 is 1.35 bits per heavy atom. The Bertz CT molecular complexity index is 536. The summed E-state index contributed by atoms with van der Waals surface area (Å²) in [5.41, 5.74) is 2.36. The molecule has 1 atom stereocenters. The summed E-state index contributed by atoms with van der Waals surface area (Å²) in [6.07, 6.45) is 4.61. The zero-order valence-corrected chi connectivity index (χ0v) is 12.4. The van der Waals surface area contributed by atoms with Crippen LogP contribution in [0, 0.1) is 0 Å². The first kappa shape index (κ1) is 14.6. The van der Waals surface area contributed by atoms with E-state index < -0.39 is 0 Å². The summed E-state index contributed by atoms with van der Waals surface area (Å²) in [5, 5.41) is 15.8. The fourth-order valence-corrected chi connectivity index (χ4v) is 2.24. The van der Waals surface area contributed by atoms with Crippen LogP contribution in [0.2, 0.25) is 0 Å². The molecule has 1 N–H and O–H groups in total. The third kappa shape index (κ3) is 3.60. The number of aryl methyl sites for hydroxylation is 2. The molecule has 2 aromatic rings. The van der Waals surface area contributed by atoms with E-state index in [4.69, 9.17) is 0 Å². The summed E-state index contributed by atoms with van der Waals surface area (Å²) < 4.78 is 0. The first-order valence-corrected chi connectivity index (χ1v) is 7.14. The number of tetrazole rings is 1. The van der Waals surface area contributed by atoms with Crippen molar-refractivity contribution >= 4 is 0 Å². The predicted molar refractivity (Wildman–Crippen MR) is 77.2 cm³/mol. The molecule has 0 aliphatic rings. The Morgan fingerprint density at radius 3 is 2.85 bits per heavy atom. The van der Waals surface area contributed by atoms with Crippen LogP contribution in [0.4, 0.5) is 0 Å². The zero-order valence-electron chi connectivity index (χ0n) is 12.4. The molecule has 6 heteroatoms. The van der Waals surface area contributed by atoms with Crippen LogP contribution in [-0.4, -0.2) is 31.7 Å². The second-order valence-electron chi connectivity index (χ2n) is 4.81. The lowest BCUT2D eigenvalue weighted by molar-refractivity contribution is 0.502. The molecule has 0 aliphatic heterocycles. The standard InChI is InChI=1S/C14H22N6/c1-4-8-15-12(10-13-17-19-20(3)18-13)14-11(5-2)7-6-9-16-14/h6-7,9,12,15H,4-5,8,10H2,1-3H3. The zero-order chi connectivity index (χ0) is 14.4. The number of nitrogens with zero attached hydrogens (tertiary/aromatic N) is 5. The number of aromatic nitrogens is 5. The van der Waals surface area contributed by atoms with Crippen LogP contribution >= 0.6 is 0 Å². The number of hydrogen-bond donors (Lipinski definition) is 1. The summed E-state index contributed by atoms with van der Waals surface area (Å²) in [6, 6.07) is 4.25. The average Bonchev–Trinajstić information content (AvgIpc) is 2.88. The predicted octanol–water partition coefficient (Wildman–Crippen LogP) is 1.45. The average molecular weight is 274 g/mol. The Morgan fingerprint density at radius 2 is 2.20 bits per heavy atom. The molecule has 0 saturated heterocycles. The largest absolute Gasteiger partial charge is 0.308 e. The van der Waals surface area contributed by atoms with Gasteiger partial charge in [0, 0.05) is 12.6 Å². The van der Waals surface area contributed by atoms with Gasteiger partial charge in [0.25, 0.3) is 0 Å². The molecular weight excluding hydrogens is 252 g/mol. The van der Waals surface area contributed by atoms with Crippen LogP contribution in [0.25, 0.3) is 0 Å². The van der Waals surface area contributed by atoms with Gasteiger partial charge in [0.15, 0.2) is 5.82 Å². The lowest BCUT2D eigenvalue weighted by Crippen LogP contribution is -2.26. The molecule has 0 saturated carbocycles. The van der Waals surface area contributed by atoms with Gasteiger partial charge in [-0.2, -0.15) is 4.80 Å². The maximum Gasteiger partial charge on any atom is 0.176 e. The highest BCUT2D eigenvalue weighted by molar-refractivity contribution is 5.23. The minimum absolute atomic E-state index is 0.135. The summed E-state index contributed by atoms with van der Waals surface area (Å²) in [5.74, 6) is 0.744. The molecule has 1 unspecified atom stereocenters. The number of pyridine rings is 1. The van der Waals surface area contributed by atoms with Gasteiger partial charge >= 0.3 is 0 Å².